The molecule has 10 heteroatoms. The van der Waals surface area contributed by atoms with Crippen LogP contribution >= 0.6 is 7.26 Å². The van der Waals surface area contributed by atoms with Crippen LogP contribution < -0.4 is 26.5 Å². The predicted molar refractivity (Wildman–Crippen MR) is 183 cm³/mol. The molecular weight excluding hydrogens is 587 g/mol. The highest BCUT2D eigenvalue weighted by atomic mass is 31.2. The minimum Gasteiger partial charge on any atom is -0.444 e. The summed E-state index contributed by atoms with van der Waals surface area (Å²) in [4.78, 5) is 43.5. The fourth-order valence-corrected chi connectivity index (χ4v) is 9.15. The van der Waals surface area contributed by atoms with Crippen molar-refractivity contribution in [3.63, 3.8) is 0 Å². The summed E-state index contributed by atoms with van der Waals surface area (Å²) in [6.45, 7) is 10.8. The molecule has 0 aliphatic rings. The number of carbonyl (C=O) groups is 3. The van der Waals surface area contributed by atoms with Gasteiger partial charge >= 0.3 is 12.2 Å². The Labute approximate surface area is 267 Å². The molecule has 2 N–H and O–H groups in total. The number of carbonyl (C=O) groups excluding carboxylic acids is 3. The number of nitrogens with zero attached hydrogens (tertiary/aromatic N) is 2. The number of hydrogen-bond acceptors (Lipinski definition) is 6. The Kier molecular flexibility index (Phi) is 12.4. The molecule has 0 saturated heterocycles. The number of amides is 3. The second kappa shape index (κ2) is 15.8. The molecule has 0 aromatic heterocycles. The van der Waals surface area contributed by atoms with Gasteiger partial charge in [-0.2, -0.15) is 0 Å². The monoisotopic (exact) mass is 633 g/mol. The first kappa shape index (κ1) is 35.4. The second-order valence-corrected chi connectivity index (χ2v) is 16.4. The van der Waals surface area contributed by atoms with Gasteiger partial charge in [0.15, 0.2) is 0 Å². The maximum absolute atomic E-state index is 13.1. The van der Waals surface area contributed by atoms with Crippen molar-refractivity contribution in [2.75, 3.05) is 26.3 Å². The van der Waals surface area contributed by atoms with Crippen LogP contribution in [0.5, 0.6) is 0 Å². The standard InChI is InChI=1S/C35H45N4O5P/c1-34(2,3)43-32(41)37-31(38-33(42)44-35(4,5)6)36-30(40)26-39(7)24-17-25-45(27-18-11-8-12-19-27,28-20-13-9-14-21-28)29-22-15-10-16-23-29/h8-16,18-23H,17,24-26H2,1-7H3,(H-,36,37,38,40,41,42)/p+1. The maximum Gasteiger partial charge on any atom is 0.437 e. The summed E-state index contributed by atoms with van der Waals surface area (Å²) in [5.74, 6) is -0.815. The lowest BCUT2D eigenvalue weighted by Gasteiger charge is -2.28. The van der Waals surface area contributed by atoms with Gasteiger partial charge in [-0.1, -0.05) is 54.6 Å². The third kappa shape index (κ3) is 11.4. The molecule has 0 radical (unpaired) electrons. The largest absolute Gasteiger partial charge is 0.444 e. The molecule has 0 heterocycles. The minimum atomic E-state index is -1.99. The number of hydrogen-bond donors (Lipinski definition) is 2. The zero-order valence-corrected chi connectivity index (χ0v) is 28.3. The smallest absolute Gasteiger partial charge is 0.437 e. The van der Waals surface area contributed by atoms with E-state index in [0.717, 1.165) is 12.6 Å². The number of aliphatic imine (C=N–C) groups is 1. The maximum atomic E-state index is 13.1. The Morgan fingerprint density at radius 2 is 1.16 bits per heavy atom. The van der Waals surface area contributed by atoms with Crippen molar-refractivity contribution in [2.45, 2.75) is 59.2 Å². The van der Waals surface area contributed by atoms with Crippen molar-refractivity contribution >= 4 is 47.2 Å². The van der Waals surface area contributed by atoms with Gasteiger partial charge in [0.05, 0.1) is 12.7 Å². The number of nitrogens with one attached hydrogen (secondary N) is 2. The molecule has 0 unspecified atom stereocenters. The van der Waals surface area contributed by atoms with E-state index >= 15 is 0 Å². The predicted octanol–water partition coefficient (Wildman–Crippen LogP) is 5.23. The molecular formula is C35H46N4O5P+. The van der Waals surface area contributed by atoms with Crippen molar-refractivity contribution in [3.8, 4) is 0 Å². The van der Waals surface area contributed by atoms with Gasteiger partial charge < -0.3 is 9.47 Å². The molecule has 0 aliphatic carbocycles. The van der Waals surface area contributed by atoms with Crippen molar-refractivity contribution in [2.24, 2.45) is 4.99 Å². The van der Waals surface area contributed by atoms with Gasteiger partial charge in [-0.3, -0.25) is 20.3 Å². The molecule has 3 amide bonds. The van der Waals surface area contributed by atoms with E-state index < -0.39 is 36.6 Å². The van der Waals surface area contributed by atoms with Crippen LogP contribution in [-0.4, -0.2) is 66.5 Å². The van der Waals surface area contributed by atoms with Crippen molar-refractivity contribution in [1.29, 1.82) is 0 Å². The van der Waals surface area contributed by atoms with E-state index in [1.165, 1.54) is 15.9 Å². The van der Waals surface area contributed by atoms with Crippen molar-refractivity contribution < 1.29 is 23.9 Å². The van der Waals surface area contributed by atoms with Crippen LogP contribution in [0.2, 0.25) is 0 Å². The first-order valence-electron chi connectivity index (χ1n) is 15.0. The summed E-state index contributed by atoms with van der Waals surface area (Å²) in [5, 5.41) is 8.80. The lowest BCUT2D eigenvalue weighted by Crippen LogP contribution is -2.48. The normalized spacial score (nSPS) is 12.4. The Balaban J connectivity index is 1.75. The Bertz CT molecular complexity index is 1340. The van der Waals surface area contributed by atoms with Gasteiger partial charge in [-0.25, -0.2) is 9.59 Å². The zero-order chi connectivity index (χ0) is 33.1. The van der Waals surface area contributed by atoms with E-state index in [0.29, 0.717) is 6.54 Å². The number of ether oxygens (including phenoxy) is 2. The fourth-order valence-electron chi connectivity index (χ4n) is 4.82. The molecule has 9 nitrogen and oxygen atoms in total. The molecule has 0 aliphatic heterocycles. The van der Waals surface area contributed by atoms with E-state index in [-0.39, 0.29) is 12.5 Å². The molecule has 240 valence electrons. The number of benzene rings is 3. The van der Waals surface area contributed by atoms with Crippen LogP contribution in [0.4, 0.5) is 9.59 Å². The molecule has 3 rings (SSSR count). The lowest BCUT2D eigenvalue weighted by molar-refractivity contribution is -0.120. The third-order valence-electron chi connectivity index (χ3n) is 6.51. The van der Waals surface area contributed by atoms with E-state index in [1.54, 1.807) is 41.5 Å². The number of alkyl carbamates (subject to hydrolysis) is 1. The highest BCUT2D eigenvalue weighted by Crippen LogP contribution is 2.55. The van der Waals surface area contributed by atoms with Gasteiger partial charge in [0.1, 0.15) is 34.4 Å². The SMILES string of the molecule is CN(CCC[P+](c1ccccc1)(c1ccccc1)c1ccccc1)CC(=O)NC(=NC(=O)OC(C)(C)C)NC(=O)OC(C)(C)C. The minimum absolute atomic E-state index is 0.0107. The molecule has 0 fully saturated rings. The van der Waals surface area contributed by atoms with Crippen LogP contribution in [0, 0.1) is 0 Å². The Morgan fingerprint density at radius 3 is 1.58 bits per heavy atom. The molecule has 45 heavy (non-hydrogen) atoms. The molecule has 3 aromatic rings. The first-order valence-corrected chi connectivity index (χ1v) is 17.0. The average molecular weight is 634 g/mol. The Hall–Kier alpha value is -4.07. The average Bonchev–Trinajstić information content (AvgIpc) is 2.94. The number of guanidine groups is 1. The van der Waals surface area contributed by atoms with E-state index in [2.05, 4.69) is 88.4 Å². The van der Waals surface area contributed by atoms with Crippen LogP contribution in [0.25, 0.3) is 0 Å². The second-order valence-electron chi connectivity index (χ2n) is 12.7. The summed E-state index contributed by atoms with van der Waals surface area (Å²) in [7, 11) is -0.132. The molecule has 0 bridgehead atoms. The third-order valence-corrected chi connectivity index (χ3v) is 11.0. The highest BCUT2D eigenvalue weighted by Gasteiger charge is 2.44. The van der Waals surface area contributed by atoms with E-state index in [1.807, 2.05) is 30.1 Å². The first-order chi connectivity index (χ1) is 21.2. The fraction of sp³-hybridized carbons (Fsp3) is 0.371. The quantitative estimate of drug-likeness (QED) is 0.190. The van der Waals surface area contributed by atoms with Gasteiger partial charge in [0.2, 0.25) is 11.9 Å². The van der Waals surface area contributed by atoms with Crippen molar-refractivity contribution in [1.82, 2.24) is 15.5 Å². The van der Waals surface area contributed by atoms with E-state index in [4.69, 9.17) is 9.47 Å². The summed E-state index contributed by atoms with van der Waals surface area (Å²) in [6, 6.07) is 32.0. The summed E-state index contributed by atoms with van der Waals surface area (Å²) in [5.41, 5.74) is -1.60. The van der Waals surface area contributed by atoms with Gasteiger partial charge in [-0.05, 0) is 91.4 Å². The number of rotatable bonds is 9. The number of likely N-dealkylation sites (N-methyl/N-ethyl adjacent to an activating group) is 1. The van der Waals surface area contributed by atoms with Gasteiger partial charge in [0, 0.05) is 6.54 Å². The molecule has 0 atom stereocenters. The van der Waals surface area contributed by atoms with Crippen LogP contribution in [0.3, 0.4) is 0 Å². The summed E-state index contributed by atoms with van der Waals surface area (Å²) >= 11 is 0. The topological polar surface area (TPSA) is 109 Å². The van der Waals surface area contributed by atoms with Crippen LogP contribution in [-0.2, 0) is 14.3 Å². The Morgan fingerprint density at radius 1 is 0.711 bits per heavy atom. The van der Waals surface area contributed by atoms with Gasteiger partial charge in [-0.15, -0.1) is 4.99 Å². The van der Waals surface area contributed by atoms with Crippen molar-refractivity contribution in [3.05, 3.63) is 91.0 Å². The summed E-state index contributed by atoms with van der Waals surface area (Å²) in [6.07, 6.45) is -0.0832. The summed E-state index contributed by atoms with van der Waals surface area (Å²) < 4.78 is 10.5. The van der Waals surface area contributed by atoms with E-state index in [9.17, 15) is 14.4 Å². The molecule has 0 spiro atoms. The molecule has 3 aromatic carbocycles. The van der Waals surface area contributed by atoms with Crippen LogP contribution in [0.1, 0.15) is 48.0 Å². The highest BCUT2D eigenvalue weighted by molar-refractivity contribution is 7.95. The van der Waals surface area contributed by atoms with Gasteiger partial charge in [0.25, 0.3) is 0 Å². The zero-order valence-electron chi connectivity index (χ0n) is 27.4. The molecule has 0 saturated carbocycles. The lowest BCUT2D eigenvalue weighted by atomic mass is 10.2. The van der Waals surface area contributed by atoms with Crippen LogP contribution in [0.15, 0.2) is 96.0 Å².